The number of aryl methyl sites for hydroxylation is 1. The predicted octanol–water partition coefficient (Wildman–Crippen LogP) is 3.25. The molecule has 2 atom stereocenters. The van der Waals surface area contributed by atoms with Crippen LogP contribution < -0.4 is 11.3 Å². The monoisotopic (exact) mass is 226 g/mol. The Morgan fingerprint density at radius 1 is 1.47 bits per heavy atom. The third-order valence-electron chi connectivity index (χ3n) is 3.01. The molecular formula is C12H22N2S. The van der Waals surface area contributed by atoms with E-state index in [2.05, 4.69) is 37.6 Å². The van der Waals surface area contributed by atoms with Crippen molar-refractivity contribution in [1.82, 2.24) is 5.43 Å². The topological polar surface area (TPSA) is 38.0 Å². The van der Waals surface area contributed by atoms with E-state index < -0.39 is 0 Å². The molecule has 0 aromatic carbocycles. The molecule has 2 unspecified atom stereocenters. The zero-order chi connectivity index (χ0) is 11.3. The van der Waals surface area contributed by atoms with E-state index in [-0.39, 0.29) is 0 Å². The molecule has 0 aliphatic heterocycles. The van der Waals surface area contributed by atoms with Crippen LogP contribution in [0.1, 0.15) is 50.1 Å². The average molecular weight is 226 g/mol. The van der Waals surface area contributed by atoms with Gasteiger partial charge in [-0.3, -0.25) is 11.3 Å². The molecule has 0 aliphatic rings. The molecule has 3 N–H and O–H groups in total. The number of hydrogen-bond donors (Lipinski definition) is 2. The van der Waals surface area contributed by atoms with Crippen molar-refractivity contribution in [3.63, 3.8) is 0 Å². The van der Waals surface area contributed by atoms with Gasteiger partial charge in [0.25, 0.3) is 0 Å². The molecule has 0 radical (unpaired) electrons. The van der Waals surface area contributed by atoms with Crippen LogP contribution >= 0.6 is 11.3 Å². The summed E-state index contributed by atoms with van der Waals surface area (Å²) in [4.78, 5) is 1.42. The Bertz CT molecular complexity index is 283. The summed E-state index contributed by atoms with van der Waals surface area (Å²) in [5.74, 6) is 6.37. The molecule has 0 bridgehead atoms. The van der Waals surface area contributed by atoms with E-state index >= 15 is 0 Å². The molecule has 0 fully saturated rings. The molecule has 1 rings (SSSR count). The minimum atomic E-state index is 0.329. The Labute approximate surface area is 96.9 Å². The van der Waals surface area contributed by atoms with E-state index in [0.717, 1.165) is 18.8 Å². The molecule has 0 saturated heterocycles. The molecule has 1 aromatic rings. The van der Waals surface area contributed by atoms with Crippen LogP contribution in [-0.4, -0.2) is 0 Å². The number of thiophene rings is 1. The molecule has 3 heteroatoms. The average Bonchev–Trinajstić information content (AvgIpc) is 2.73. The molecule has 0 spiro atoms. The van der Waals surface area contributed by atoms with Gasteiger partial charge in [-0.1, -0.05) is 27.2 Å². The lowest BCUT2D eigenvalue weighted by Crippen LogP contribution is -2.29. The van der Waals surface area contributed by atoms with Crippen molar-refractivity contribution in [3.05, 3.63) is 21.9 Å². The zero-order valence-corrected chi connectivity index (χ0v) is 10.7. The Hall–Kier alpha value is -0.380. The van der Waals surface area contributed by atoms with Crippen LogP contribution in [0.25, 0.3) is 0 Å². The maximum atomic E-state index is 5.65. The molecule has 86 valence electrons. The highest BCUT2D eigenvalue weighted by Crippen LogP contribution is 2.29. The van der Waals surface area contributed by atoms with Crippen LogP contribution in [0.2, 0.25) is 0 Å². The van der Waals surface area contributed by atoms with Gasteiger partial charge in [0.15, 0.2) is 0 Å². The maximum absolute atomic E-state index is 5.65. The second-order valence-electron chi connectivity index (χ2n) is 4.13. The van der Waals surface area contributed by atoms with Crippen LogP contribution in [0.4, 0.5) is 0 Å². The molecule has 0 amide bonds. The number of nitrogens with two attached hydrogens (primary N) is 1. The fourth-order valence-electron chi connectivity index (χ4n) is 1.77. The van der Waals surface area contributed by atoms with E-state index in [1.165, 1.54) is 16.9 Å². The van der Waals surface area contributed by atoms with E-state index in [9.17, 15) is 0 Å². The SMILES string of the molecule is CCc1ccsc1C(CC(C)CC)NN. The Balaban J connectivity index is 2.73. The van der Waals surface area contributed by atoms with E-state index in [1.807, 2.05) is 11.3 Å². The van der Waals surface area contributed by atoms with Crippen molar-refractivity contribution in [2.75, 3.05) is 0 Å². The van der Waals surface area contributed by atoms with Gasteiger partial charge in [0.05, 0.1) is 6.04 Å². The summed E-state index contributed by atoms with van der Waals surface area (Å²) in [5.41, 5.74) is 4.39. The first-order valence-electron chi connectivity index (χ1n) is 5.75. The molecule has 0 saturated carbocycles. The van der Waals surface area contributed by atoms with Crippen LogP contribution in [0.15, 0.2) is 11.4 Å². The first-order valence-corrected chi connectivity index (χ1v) is 6.63. The van der Waals surface area contributed by atoms with Crippen molar-refractivity contribution < 1.29 is 0 Å². The highest BCUT2D eigenvalue weighted by atomic mass is 32.1. The molecular weight excluding hydrogens is 204 g/mol. The normalized spacial score (nSPS) is 15.2. The second-order valence-corrected chi connectivity index (χ2v) is 5.08. The first-order chi connectivity index (χ1) is 7.22. The van der Waals surface area contributed by atoms with Crippen LogP contribution in [-0.2, 0) is 6.42 Å². The number of hydrogen-bond acceptors (Lipinski definition) is 3. The first kappa shape index (κ1) is 12.7. The van der Waals surface area contributed by atoms with Crippen molar-refractivity contribution in [2.24, 2.45) is 11.8 Å². The van der Waals surface area contributed by atoms with Gasteiger partial charge in [0, 0.05) is 4.88 Å². The van der Waals surface area contributed by atoms with Crippen LogP contribution in [0, 0.1) is 5.92 Å². The molecule has 15 heavy (non-hydrogen) atoms. The second kappa shape index (κ2) is 6.26. The van der Waals surface area contributed by atoms with E-state index in [0.29, 0.717) is 6.04 Å². The highest BCUT2D eigenvalue weighted by molar-refractivity contribution is 7.10. The molecule has 2 nitrogen and oxygen atoms in total. The standard InChI is InChI=1S/C12H22N2S/c1-4-9(3)8-11(14-13)12-10(5-2)6-7-15-12/h6-7,9,11,14H,4-5,8,13H2,1-3H3. The van der Waals surface area contributed by atoms with Crippen molar-refractivity contribution in [3.8, 4) is 0 Å². The van der Waals surface area contributed by atoms with Gasteiger partial charge in [0.2, 0.25) is 0 Å². The number of rotatable bonds is 6. The fraction of sp³-hybridized carbons (Fsp3) is 0.667. The van der Waals surface area contributed by atoms with Gasteiger partial charge < -0.3 is 0 Å². The van der Waals surface area contributed by atoms with E-state index in [1.54, 1.807) is 0 Å². The molecule has 0 aliphatic carbocycles. The van der Waals surface area contributed by atoms with Crippen molar-refractivity contribution >= 4 is 11.3 Å². The zero-order valence-electron chi connectivity index (χ0n) is 9.92. The van der Waals surface area contributed by atoms with Crippen LogP contribution in [0.3, 0.4) is 0 Å². The summed E-state index contributed by atoms with van der Waals surface area (Å²) in [6.07, 6.45) is 3.43. The fourth-order valence-corrected chi connectivity index (χ4v) is 2.84. The lowest BCUT2D eigenvalue weighted by Gasteiger charge is -2.19. The van der Waals surface area contributed by atoms with Gasteiger partial charge in [-0.05, 0) is 35.8 Å². The largest absolute Gasteiger partial charge is 0.271 e. The summed E-state index contributed by atoms with van der Waals surface area (Å²) < 4.78 is 0. The van der Waals surface area contributed by atoms with Gasteiger partial charge in [0.1, 0.15) is 0 Å². The van der Waals surface area contributed by atoms with Gasteiger partial charge >= 0.3 is 0 Å². The third kappa shape index (κ3) is 3.30. The predicted molar refractivity (Wildman–Crippen MR) is 67.8 cm³/mol. The van der Waals surface area contributed by atoms with Crippen molar-refractivity contribution in [1.29, 1.82) is 0 Å². The number of nitrogens with one attached hydrogen (secondary N) is 1. The summed E-state index contributed by atoms with van der Waals surface area (Å²) in [5, 5.41) is 2.16. The molecule has 1 aromatic heterocycles. The smallest absolute Gasteiger partial charge is 0.0558 e. The minimum Gasteiger partial charge on any atom is -0.271 e. The van der Waals surface area contributed by atoms with Gasteiger partial charge in [-0.25, -0.2) is 0 Å². The van der Waals surface area contributed by atoms with Crippen molar-refractivity contribution in [2.45, 2.75) is 46.1 Å². The van der Waals surface area contributed by atoms with Gasteiger partial charge in [-0.15, -0.1) is 11.3 Å². The maximum Gasteiger partial charge on any atom is 0.0558 e. The van der Waals surface area contributed by atoms with Crippen LogP contribution in [0.5, 0.6) is 0 Å². The number of hydrazine groups is 1. The highest BCUT2D eigenvalue weighted by Gasteiger charge is 2.16. The summed E-state index contributed by atoms with van der Waals surface area (Å²) in [6, 6.07) is 2.54. The Morgan fingerprint density at radius 3 is 2.73 bits per heavy atom. The third-order valence-corrected chi connectivity index (χ3v) is 4.09. The minimum absolute atomic E-state index is 0.329. The quantitative estimate of drug-likeness (QED) is 0.577. The Kier molecular flexibility index (Phi) is 5.29. The van der Waals surface area contributed by atoms with Gasteiger partial charge in [-0.2, -0.15) is 0 Å². The lowest BCUT2D eigenvalue weighted by atomic mass is 9.97. The lowest BCUT2D eigenvalue weighted by molar-refractivity contribution is 0.410. The molecule has 1 heterocycles. The summed E-state index contributed by atoms with van der Waals surface area (Å²) in [6.45, 7) is 6.71. The summed E-state index contributed by atoms with van der Waals surface area (Å²) in [7, 11) is 0. The van der Waals surface area contributed by atoms with E-state index in [4.69, 9.17) is 5.84 Å². The summed E-state index contributed by atoms with van der Waals surface area (Å²) >= 11 is 1.82. The Morgan fingerprint density at radius 2 is 2.20 bits per heavy atom.